The largest absolute Gasteiger partial charge is 0.754 e. The molecule has 0 bridgehead atoms. The Morgan fingerprint density at radius 2 is 1.00 bits per heavy atom. The highest BCUT2D eigenvalue weighted by molar-refractivity contribution is 5.83. The molecular weight excluding hydrogens is 532 g/mol. The van der Waals surface area contributed by atoms with Crippen LogP contribution < -0.4 is 42.2 Å². The molecule has 2 aromatic heterocycles. The second-order valence-corrected chi connectivity index (χ2v) is 9.05. The van der Waals surface area contributed by atoms with Gasteiger partial charge in [-0.15, -0.1) is 0 Å². The van der Waals surface area contributed by atoms with E-state index in [0.717, 1.165) is 51.9 Å². The Morgan fingerprint density at radius 1 is 0.700 bits per heavy atom. The van der Waals surface area contributed by atoms with E-state index in [9.17, 15) is 20.0 Å². The minimum absolute atomic E-state index is 0.0874. The third-order valence-electron chi connectivity index (χ3n) is 6.06. The van der Waals surface area contributed by atoms with Gasteiger partial charge < -0.3 is 63.6 Å². The molecule has 2 aliphatic rings. The van der Waals surface area contributed by atoms with E-state index in [1.165, 1.54) is 12.8 Å². The molecule has 0 radical (unpaired) electrons. The number of aliphatic hydroxyl groups excluding tert-OH is 2. The van der Waals surface area contributed by atoms with E-state index >= 15 is 0 Å². The van der Waals surface area contributed by atoms with Crippen molar-refractivity contribution in [3.05, 3.63) is 22.5 Å². The number of carboxylic acids is 2. The number of aliphatic hydroxyl groups is 2. The van der Waals surface area contributed by atoms with Crippen molar-refractivity contribution in [2.75, 3.05) is 58.9 Å². The highest BCUT2D eigenvalue weighted by Crippen LogP contribution is 2.20. The summed E-state index contributed by atoms with van der Waals surface area (Å²) >= 11 is 0. The minimum atomic E-state index is -2.27. The van der Waals surface area contributed by atoms with Crippen LogP contribution in [0.15, 0.2) is 12.1 Å². The number of hydrogen-bond acceptors (Lipinski definition) is 14. The van der Waals surface area contributed by atoms with Crippen molar-refractivity contribution in [1.29, 1.82) is 0 Å². The van der Waals surface area contributed by atoms with Crippen LogP contribution in [0, 0.1) is 10.4 Å². The number of nitrogen functional groups attached to an aromatic ring is 4. The van der Waals surface area contributed by atoms with Gasteiger partial charge in [0, 0.05) is 26.2 Å². The van der Waals surface area contributed by atoms with Gasteiger partial charge in [0.25, 0.3) is 0 Å². The van der Waals surface area contributed by atoms with Crippen molar-refractivity contribution in [3.8, 4) is 0 Å². The normalized spacial score (nSPS) is 16.4. The van der Waals surface area contributed by atoms with Gasteiger partial charge in [0.15, 0.2) is 35.5 Å². The lowest BCUT2D eigenvalue weighted by molar-refractivity contribution is -0.577. The molecule has 2 aliphatic heterocycles. The molecule has 4 heterocycles. The van der Waals surface area contributed by atoms with E-state index in [1.54, 1.807) is 12.1 Å². The van der Waals surface area contributed by atoms with Gasteiger partial charge in [-0.25, -0.2) is 19.0 Å². The number of nitrogens with zero attached hydrogens (tertiary/aromatic N) is 6. The number of hydrogen-bond donors (Lipinski definition) is 8. The number of nitrogens with two attached hydrogens (primary N) is 4. The van der Waals surface area contributed by atoms with Gasteiger partial charge >= 0.3 is 23.8 Å². The summed E-state index contributed by atoms with van der Waals surface area (Å²) in [5.41, 5.74) is 22.0. The standard InChI is InChI=1S/2C9H15N5O.C4H6O6/c2*10-7-6-8(12-9(11)14(7)15)13-4-2-1-3-5-13;5-1(3(7)8)2(6)4(9)10/h2*6H,1-5,10H2,(H2,11,12);1-2,5-6H,(H,7,8)(H,9,10). The maximum Gasteiger partial charge on any atom is 0.346 e. The second kappa shape index (κ2) is 14.5. The molecule has 0 aliphatic carbocycles. The van der Waals surface area contributed by atoms with Crippen molar-refractivity contribution < 1.29 is 39.5 Å². The Hall–Kier alpha value is -4.58. The lowest BCUT2D eigenvalue weighted by atomic mass is 10.1. The summed E-state index contributed by atoms with van der Waals surface area (Å²) in [7, 11) is 0. The van der Waals surface area contributed by atoms with E-state index in [-0.39, 0.29) is 23.5 Å². The van der Waals surface area contributed by atoms with Crippen LogP contribution in [0.25, 0.3) is 0 Å². The Balaban J connectivity index is 0.000000216. The number of anilines is 6. The average Bonchev–Trinajstić information content (AvgIpc) is 2.94. The van der Waals surface area contributed by atoms with Crippen molar-refractivity contribution in [2.24, 2.45) is 0 Å². The molecule has 2 saturated heterocycles. The first-order valence-corrected chi connectivity index (χ1v) is 12.5. The highest BCUT2D eigenvalue weighted by atomic mass is 16.5. The summed E-state index contributed by atoms with van der Waals surface area (Å²) in [6.07, 6.45) is 2.55. The molecule has 18 heteroatoms. The third-order valence-corrected chi connectivity index (χ3v) is 6.06. The number of carbonyl (C=O) groups is 2. The van der Waals surface area contributed by atoms with Crippen LogP contribution in [0.1, 0.15) is 38.5 Å². The molecule has 0 amide bonds. The zero-order valence-electron chi connectivity index (χ0n) is 21.8. The van der Waals surface area contributed by atoms with Crippen LogP contribution in [0.2, 0.25) is 0 Å². The monoisotopic (exact) mass is 568 g/mol. The third kappa shape index (κ3) is 8.73. The lowest BCUT2D eigenvalue weighted by Gasteiger charge is -2.26. The molecule has 222 valence electrons. The first kappa shape index (κ1) is 31.6. The highest BCUT2D eigenvalue weighted by Gasteiger charge is 2.29. The van der Waals surface area contributed by atoms with Crippen LogP contribution in [-0.2, 0) is 9.59 Å². The molecule has 2 fully saturated rings. The summed E-state index contributed by atoms with van der Waals surface area (Å²) < 4.78 is 0.876. The SMILES string of the molecule is Nc1cc(N2CCCCC2)nc(N)[n+]1[O-].Nc1cc(N2CCCCC2)nc(N)[n+]1[O-].O=C(O)C(O)C(O)C(=O)O. The molecule has 18 nitrogen and oxygen atoms in total. The van der Waals surface area contributed by atoms with Crippen LogP contribution in [0.4, 0.5) is 35.2 Å². The molecule has 2 unspecified atom stereocenters. The molecule has 0 aromatic carbocycles. The van der Waals surface area contributed by atoms with E-state index in [0.29, 0.717) is 21.1 Å². The Morgan fingerprint density at radius 3 is 1.25 bits per heavy atom. The number of aliphatic carboxylic acids is 2. The maximum atomic E-state index is 11.2. The van der Waals surface area contributed by atoms with Crippen LogP contribution in [-0.4, -0.2) is 80.7 Å². The molecule has 4 rings (SSSR count). The fraction of sp³-hybridized carbons (Fsp3) is 0.545. The molecule has 0 spiro atoms. The summed E-state index contributed by atoms with van der Waals surface area (Å²) in [5, 5.41) is 54.9. The number of carboxylic acid groups (broad SMARTS) is 2. The first-order valence-electron chi connectivity index (χ1n) is 12.5. The van der Waals surface area contributed by atoms with Crippen LogP contribution in [0.3, 0.4) is 0 Å². The van der Waals surface area contributed by atoms with Gasteiger partial charge in [-0.05, 0) is 38.5 Å². The Bertz CT molecular complexity index is 1020. The Labute approximate surface area is 229 Å². The fourth-order valence-electron chi connectivity index (χ4n) is 3.88. The van der Waals surface area contributed by atoms with E-state index in [2.05, 4.69) is 19.8 Å². The van der Waals surface area contributed by atoms with E-state index < -0.39 is 24.1 Å². The summed E-state index contributed by atoms with van der Waals surface area (Å²) in [4.78, 5) is 31.8. The molecule has 12 N–H and O–H groups in total. The zero-order chi connectivity index (χ0) is 30.0. The maximum absolute atomic E-state index is 11.2. The van der Waals surface area contributed by atoms with Gasteiger partial charge in [-0.2, -0.15) is 0 Å². The summed E-state index contributed by atoms with van der Waals surface area (Å²) in [5.74, 6) is -2.10. The summed E-state index contributed by atoms with van der Waals surface area (Å²) in [6, 6.07) is 3.16. The Kier molecular flexibility index (Phi) is 11.5. The predicted octanol–water partition coefficient (Wildman–Crippen LogP) is -2.38. The average molecular weight is 569 g/mol. The van der Waals surface area contributed by atoms with Gasteiger partial charge in [0.1, 0.15) is 0 Å². The van der Waals surface area contributed by atoms with E-state index in [4.69, 9.17) is 43.4 Å². The zero-order valence-corrected chi connectivity index (χ0v) is 21.8. The molecular formula is C22H36N10O8. The van der Waals surface area contributed by atoms with Crippen LogP contribution >= 0.6 is 0 Å². The van der Waals surface area contributed by atoms with Crippen molar-refractivity contribution in [2.45, 2.75) is 50.7 Å². The van der Waals surface area contributed by atoms with Gasteiger partial charge in [0.2, 0.25) is 0 Å². The van der Waals surface area contributed by atoms with Gasteiger partial charge in [0.05, 0.1) is 12.1 Å². The topological polar surface area (TPSA) is 305 Å². The molecule has 2 aromatic rings. The first-order chi connectivity index (χ1) is 18.8. The van der Waals surface area contributed by atoms with Crippen molar-refractivity contribution in [1.82, 2.24) is 9.97 Å². The van der Waals surface area contributed by atoms with Gasteiger partial charge in [-0.3, -0.25) is 0 Å². The van der Waals surface area contributed by atoms with Gasteiger partial charge in [-0.1, -0.05) is 9.97 Å². The molecule has 40 heavy (non-hydrogen) atoms. The smallest absolute Gasteiger partial charge is 0.346 e. The minimum Gasteiger partial charge on any atom is -0.754 e. The predicted molar refractivity (Wildman–Crippen MR) is 143 cm³/mol. The van der Waals surface area contributed by atoms with Crippen molar-refractivity contribution in [3.63, 3.8) is 0 Å². The van der Waals surface area contributed by atoms with Crippen LogP contribution in [0.5, 0.6) is 0 Å². The summed E-state index contributed by atoms with van der Waals surface area (Å²) in [6.45, 7) is 3.81. The lowest BCUT2D eigenvalue weighted by Crippen LogP contribution is -2.39. The molecule has 0 saturated carbocycles. The fourth-order valence-corrected chi connectivity index (χ4v) is 3.88. The molecule has 2 atom stereocenters. The quantitative estimate of drug-likeness (QED) is 0.138. The number of rotatable bonds is 5. The number of piperidine rings is 2. The second-order valence-electron chi connectivity index (χ2n) is 9.05. The van der Waals surface area contributed by atoms with Crippen molar-refractivity contribution >= 4 is 47.1 Å². The number of aromatic nitrogens is 4. The van der Waals surface area contributed by atoms with E-state index in [1.807, 2.05) is 0 Å².